The Kier molecular flexibility index (Phi) is 5.18. The quantitative estimate of drug-likeness (QED) is 0.613. The van der Waals surface area contributed by atoms with Crippen molar-refractivity contribution in [2.75, 3.05) is 11.5 Å². The molecule has 6 nitrogen and oxygen atoms in total. The molecular weight excluding hydrogens is 400 g/mol. The van der Waals surface area contributed by atoms with E-state index < -0.39 is 17.8 Å². The number of benzene rings is 2. The van der Waals surface area contributed by atoms with Gasteiger partial charge in [-0.25, -0.2) is 9.69 Å². The second kappa shape index (κ2) is 7.53. The maximum Gasteiger partial charge on any atom is 0.335 e. The van der Waals surface area contributed by atoms with E-state index in [9.17, 15) is 14.4 Å². The number of halogens is 1. The molecule has 0 bridgehead atoms. The van der Waals surface area contributed by atoms with Gasteiger partial charge in [-0.15, -0.1) is 0 Å². The number of urea groups is 1. The highest BCUT2D eigenvalue weighted by molar-refractivity contribution is 9.10. The summed E-state index contributed by atoms with van der Waals surface area (Å²) in [5, 5.41) is 2.20. The average molecular weight is 415 g/mol. The Morgan fingerprint density at radius 2 is 1.85 bits per heavy atom. The van der Waals surface area contributed by atoms with Crippen molar-refractivity contribution >= 4 is 45.5 Å². The van der Waals surface area contributed by atoms with Crippen molar-refractivity contribution in [3.8, 4) is 5.75 Å². The van der Waals surface area contributed by atoms with Crippen molar-refractivity contribution in [3.05, 3.63) is 64.1 Å². The van der Waals surface area contributed by atoms with Gasteiger partial charge in [0.15, 0.2) is 0 Å². The molecule has 0 radical (unpaired) electrons. The molecule has 0 saturated carbocycles. The van der Waals surface area contributed by atoms with Crippen LogP contribution < -0.4 is 15.0 Å². The first-order valence-electron chi connectivity index (χ1n) is 7.89. The molecule has 1 saturated heterocycles. The zero-order chi connectivity index (χ0) is 18.7. The minimum absolute atomic E-state index is 0.131. The summed E-state index contributed by atoms with van der Waals surface area (Å²) in [5.74, 6) is -0.804. The van der Waals surface area contributed by atoms with E-state index in [0.29, 0.717) is 23.6 Å². The number of hydrogen-bond donors (Lipinski definition) is 1. The highest BCUT2D eigenvalue weighted by Gasteiger charge is 2.36. The van der Waals surface area contributed by atoms with E-state index >= 15 is 0 Å². The molecule has 2 aromatic rings. The molecule has 1 aliphatic heterocycles. The van der Waals surface area contributed by atoms with Gasteiger partial charge in [-0.3, -0.25) is 14.9 Å². The zero-order valence-electron chi connectivity index (χ0n) is 13.9. The summed E-state index contributed by atoms with van der Waals surface area (Å²) < 4.78 is 6.21. The Labute approximate surface area is 158 Å². The summed E-state index contributed by atoms with van der Waals surface area (Å²) in [7, 11) is 0. The van der Waals surface area contributed by atoms with Gasteiger partial charge in [-0.05, 0) is 48.9 Å². The van der Waals surface area contributed by atoms with Gasteiger partial charge in [-0.2, -0.15) is 0 Å². The van der Waals surface area contributed by atoms with Gasteiger partial charge >= 0.3 is 6.03 Å². The number of anilines is 1. The standard InChI is InChI=1S/C19H15BrN2O4/c1-2-26-15-9-12(8-13(20)11-15)10-16-17(23)21-19(25)22(18(16)24)14-6-4-3-5-7-14/h3-11H,2H2,1H3,(H,21,23,25)/b16-10+. The van der Waals surface area contributed by atoms with E-state index in [1.54, 1.807) is 48.5 Å². The maximum absolute atomic E-state index is 12.8. The van der Waals surface area contributed by atoms with Crippen molar-refractivity contribution in [1.82, 2.24) is 5.32 Å². The summed E-state index contributed by atoms with van der Waals surface area (Å²) in [6, 6.07) is 12.9. The molecule has 1 aliphatic rings. The van der Waals surface area contributed by atoms with Crippen molar-refractivity contribution < 1.29 is 19.1 Å². The third kappa shape index (κ3) is 3.67. The van der Waals surface area contributed by atoms with Crippen LogP contribution in [-0.2, 0) is 9.59 Å². The normalized spacial score (nSPS) is 16.0. The number of nitrogens with zero attached hydrogens (tertiary/aromatic N) is 1. The fraction of sp³-hybridized carbons (Fsp3) is 0.105. The van der Waals surface area contributed by atoms with Crippen LogP contribution in [0.3, 0.4) is 0 Å². The van der Waals surface area contributed by atoms with Crippen LogP contribution in [0.5, 0.6) is 5.75 Å². The lowest BCUT2D eigenvalue weighted by Gasteiger charge is -2.26. The van der Waals surface area contributed by atoms with Crippen LogP contribution in [0.15, 0.2) is 58.6 Å². The number of amides is 4. The molecule has 132 valence electrons. The number of hydrogen-bond acceptors (Lipinski definition) is 4. The molecule has 1 heterocycles. The third-order valence-electron chi connectivity index (χ3n) is 3.63. The monoisotopic (exact) mass is 414 g/mol. The van der Waals surface area contributed by atoms with E-state index in [4.69, 9.17) is 4.74 Å². The molecule has 1 fully saturated rings. The smallest absolute Gasteiger partial charge is 0.335 e. The molecule has 26 heavy (non-hydrogen) atoms. The van der Waals surface area contributed by atoms with Crippen molar-refractivity contribution in [3.63, 3.8) is 0 Å². The first-order valence-corrected chi connectivity index (χ1v) is 8.69. The van der Waals surface area contributed by atoms with Gasteiger partial charge in [0.05, 0.1) is 12.3 Å². The Hall–Kier alpha value is -2.93. The van der Waals surface area contributed by atoms with Crippen molar-refractivity contribution in [2.24, 2.45) is 0 Å². The number of carbonyl (C=O) groups excluding carboxylic acids is 3. The number of nitrogens with one attached hydrogen (secondary N) is 1. The molecule has 2 aromatic carbocycles. The minimum atomic E-state index is -0.771. The van der Waals surface area contributed by atoms with Crippen LogP contribution in [0.1, 0.15) is 12.5 Å². The SMILES string of the molecule is CCOc1cc(Br)cc(/C=C2\C(=O)NC(=O)N(c3ccccc3)C2=O)c1. The van der Waals surface area contributed by atoms with Gasteiger partial charge in [0.1, 0.15) is 11.3 Å². The average Bonchev–Trinajstić information content (AvgIpc) is 2.59. The minimum Gasteiger partial charge on any atom is -0.494 e. The van der Waals surface area contributed by atoms with Crippen molar-refractivity contribution in [2.45, 2.75) is 6.92 Å². The van der Waals surface area contributed by atoms with E-state index in [2.05, 4.69) is 21.2 Å². The summed E-state index contributed by atoms with van der Waals surface area (Å²) in [4.78, 5) is 38.0. The fourth-order valence-corrected chi connectivity index (χ4v) is 3.04. The van der Waals surface area contributed by atoms with Crippen LogP contribution in [0.25, 0.3) is 6.08 Å². The van der Waals surface area contributed by atoms with E-state index in [0.717, 1.165) is 9.37 Å². The molecule has 1 N–H and O–H groups in total. The molecular formula is C19H15BrN2O4. The Bertz CT molecular complexity index is 909. The van der Waals surface area contributed by atoms with Crippen LogP contribution in [-0.4, -0.2) is 24.5 Å². The Balaban J connectivity index is 2.01. The van der Waals surface area contributed by atoms with E-state index in [-0.39, 0.29) is 5.57 Å². The molecule has 4 amide bonds. The largest absolute Gasteiger partial charge is 0.494 e. The summed E-state index contributed by atoms with van der Waals surface area (Å²) >= 11 is 3.38. The number of rotatable bonds is 4. The lowest BCUT2D eigenvalue weighted by atomic mass is 10.1. The molecule has 3 rings (SSSR count). The predicted molar refractivity (Wildman–Crippen MR) is 101 cm³/mol. The first-order chi connectivity index (χ1) is 12.5. The second-order valence-corrected chi connectivity index (χ2v) is 6.36. The molecule has 0 unspecified atom stereocenters. The second-order valence-electron chi connectivity index (χ2n) is 5.45. The van der Waals surface area contributed by atoms with Crippen LogP contribution in [0.2, 0.25) is 0 Å². The highest BCUT2D eigenvalue weighted by atomic mass is 79.9. The first kappa shape index (κ1) is 17.9. The number of imide groups is 2. The van der Waals surface area contributed by atoms with Crippen LogP contribution >= 0.6 is 15.9 Å². The Morgan fingerprint density at radius 1 is 1.12 bits per heavy atom. The topological polar surface area (TPSA) is 75.7 Å². The molecule has 0 aromatic heterocycles. The van der Waals surface area contributed by atoms with Crippen LogP contribution in [0, 0.1) is 0 Å². The number of carbonyl (C=O) groups is 3. The fourth-order valence-electron chi connectivity index (χ4n) is 2.55. The lowest BCUT2D eigenvalue weighted by molar-refractivity contribution is -0.122. The molecule has 7 heteroatoms. The zero-order valence-corrected chi connectivity index (χ0v) is 15.4. The number of barbiturate groups is 1. The Morgan fingerprint density at radius 3 is 2.54 bits per heavy atom. The number of para-hydroxylation sites is 1. The molecule has 0 spiro atoms. The molecule has 0 aliphatic carbocycles. The van der Waals surface area contributed by atoms with Gasteiger partial charge in [0, 0.05) is 4.47 Å². The predicted octanol–water partition coefficient (Wildman–Crippen LogP) is 3.51. The number of ether oxygens (including phenoxy) is 1. The molecule has 0 atom stereocenters. The lowest BCUT2D eigenvalue weighted by Crippen LogP contribution is -2.54. The summed E-state index contributed by atoms with van der Waals surface area (Å²) in [6.45, 7) is 2.35. The van der Waals surface area contributed by atoms with E-state index in [1.807, 2.05) is 6.92 Å². The highest BCUT2D eigenvalue weighted by Crippen LogP contribution is 2.25. The van der Waals surface area contributed by atoms with E-state index in [1.165, 1.54) is 6.08 Å². The van der Waals surface area contributed by atoms with Gasteiger partial charge < -0.3 is 4.74 Å². The van der Waals surface area contributed by atoms with Gasteiger partial charge in [0.25, 0.3) is 11.8 Å². The maximum atomic E-state index is 12.8. The van der Waals surface area contributed by atoms with Gasteiger partial charge in [-0.1, -0.05) is 34.1 Å². The van der Waals surface area contributed by atoms with Crippen LogP contribution in [0.4, 0.5) is 10.5 Å². The summed E-state index contributed by atoms with van der Waals surface area (Å²) in [5.41, 5.74) is 0.857. The van der Waals surface area contributed by atoms with Gasteiger partial charge in [0.2, 0.25) is 0 Å². The third-order valence-corrected chi connectivity index (χ3v) is 4.09. The summed E-state index contributed by atoms with van der Waals surface area (Å²) in [6.07, 6.45) is 1.44. The van der Waals surface area contributed by atoms with Crippen molar-refractivity contribution in [1.29, 1.82) is 0 Å².